The summed E-state index contributed by atoms with van der Waals surface area (Å²) in [5.41, 5.74) is 6.09. The number of rotatable bonds is 2. The largest absolute Gasteiger partial charge is 0.337 e. The van der Waals surface area contributed by atoms with Crippen molar-refractivity contribution in [2.24, 2.45) is 0 Å². The van der Waals surface area contributed by atoms with E-state index in [0.29, 0.717) is 0 Å². The molecule has 6 aromatic rings. The fraction of sp³-hybridized carbons (Fsp3) is 0. The lowest BCUT2D eigenvalue weighted by Gasteiger charge is -2.06. The molecule has 0 N–H and O–H groups in total. The van der Waals surface area contributed by atoms with Gasteiger partial charge in [0, 0.05) is 34.3 Å². The number of aromatic nitrogens is 2. The molecule has 0 fully saturated rings. The van der Waals surface area contributed by atoms with Gasteiger partial charge in [0.15, 0.2) is 0 Å². The first-order valence-electron chi connectivity index (χ1n) is 10.7. The molecule has 32 heavy (non-hydrogen) atoms. The SMILES string of the molecule is O=C(n1cc(-c2ccccc2)c2ccccc21)n1cc(-c2ccccc2)c2ccccc21. The van der Waals surface area contributed by atoms with Gasteiger partial charge >= 0.3 is 6.03 Å². The molecule has 0 aliphatic rings. The Kier molecular flexibility index (Phi) is 4.25. The molecular weight excluding hydrogens is 392 g/mol. The van der Waals surface area contributed by atoms with E-state index in [0.717, 1.165) is 44.1 Å². The normalized spacial score (nSPS) is 11.2. The first-order valence-corrected chi connectivity index (χ1v) is 10.7. The minimum Gasteiger partial charge on any atom is -0.268 e. The summed E-state index contributed by atoms with van der Waals surface area (Å²) >= 11 is 0. The average molecular weight is 412 g/mol. The molecule has 6 rings (SSSR count). The summed E-state index contributed by atoms with van der Waals surface area (Å²) < 4.78 is 3.53. The van der Waals surface area contributed by atoms with Crippen LogP contribution in [0.25, 0.3) is 44.1 Å². The third kappa shape index (κ3) is 2.87. The van der Waals surface area contributed by atoms with E-state index in [1.54, 1.807) is 9.13 Å². The lowest BCUT2D eigenvalue weighted by molar-refractivity contribution is 0.245. The maximum atomic E-state index is 13.9. The van der Waals surface area contributed by atoms with Crippen LogP contribution >= 0.6 is 0 Å². The number of benzene rings is 4. The van der Waals surface area contributed by atoms with Crippen LogP contribution in [0, 0.1) is 0 Å². The predicted molar refractivity (Wildman–Crippen MR) is 131 cm³/mol. The minimum absolute atomic E-state index is 0.0956. The zero-order valence-corrected chi connectivity index (χ0v) is 17.3. The number of carbonyl (C=O) groups excluding carboxylic acids is 1. The first-order chi connectivity index (χ1) is 15.8. The van der Waals surface area contributed by atoms with Gasteiger partial charge in [-0.3, -0.25) is 9.13 Å². The van der Waals surface area contributed by atoms with Gasteiger partial charge < -0.3 is 0 Å². The van der Waals surface area contributed by atoms with Gasteiger partial charge in [0.2, 0.25) is 0 Å². The van der Waals surface area contributed by atoms with Crippen LogP contribution < -0.4 is 0 Å². The highest BCUT2D eigenvalue weighted by Gasteiger charge is 2.19. The van der Waals surface area contributed by atoms with Crippen LogP contribution in [0.2, 0.25) is 0 Å². The van der Waals surface area contributed by atoms with E-state index < -0.39 is 0 Å². The summed E-state index contributed by atoms with van der Waals surface area (Å²) in [6.07, 6.45) is 3.92. The Bertz CT molecular complexity index is 1450. The summed E-state index contributed by atoms with van der Waals surface area (Å²) in [5, 5.41) is 2.12. The van der Waals surface area contributed by atoms with E-state index >= 15 is 0 Å². The first kappa shape index (κ1) is 18.4. The zero-order chi connectivity index (χ0) is 21.5. The third-order valence-corrected chi connectivity index (χ3v) is 6.01. The highest BCUT2D eigenvalue weighted by molar-refractivity contribution is 6.06. The number of hydrogen-bond acceptors (Lipinski definition) is 1. The molecule has 0 saturated carbocycles. The third-order valence-electron chi connectivity index (χ3n) is 6.01. The van der Waals surface area contributed by atoms with Crippen LogP contribution in [0.3, 0.4) is 0 Å². The van der Waals surface area contributed by atoms with E-state index in [1.807, 2.05) is 85.2 Å². The molecule has 3 heteroatoms. The van der Waals surface area contributed by atoms with Crippen LogP contribution in [0.15, 0.2) is 122 Å². The Morgan fingerprint density at radius 3 is 1.28 bits per heavy atom. The van der Waals surface area contributed by atoms with Gasteiger partial charge in [-0.2, -0.15) is 0 Å². The number of nitrogens with zero attached hydrogens (tertiary/aromatic N) is 2. The molecule has 0 spiro atoms. The van der Waals surface area contributed by atoms with Crippen molar-refractivity contribution in [3.8, 4) is 22.3 Å². The second kappa shape index (κ2) is 7.40. The monoisotopic (exact) mass is 412 g/mol. The Morgan fingerprint density at radius 1 is 0.469 bits per heavy atom. The van der Waals surface area contributed by atoms with Gasteiger partial charge in [-0.15, -0.1) is 0 Å². The molecule has 0 bridgehead atoms. The Balaban J connectivity index is 1.57. The molecule has 2 aromatic heterocycles. The summed E-state index contributed by atoms with van der Waals surface area (Å²) in [7, 11) is 0. The number of carbonyl (C=O) groups is 1. The highest BCUT2D eigenvalue weighted by Crippen LogP contribution is 2.33. The molecule has 2 heterocycles. The van der Waals surface area contributed by atoms with Crippen molar-refractivity contribution >= 4 is 27.8 Å². The number of hydrogen-bond donors (Lipinski definition) is 0. The van der Waals surface area contributed by atoms with Crippen molar-refractivity contribution in [1.29, 1.82) is 0 Å². The van der Waals surface area contributed by atoms with Gasteiger partial charge in [-0.25, -0.2) is 4.79 Å². The molecule has 0 unspecified atom stereocenters. The van der Waals surface area contributed by atoms with E-state index in [1.165, 1.54) is 0 Å². The molecule has 0 amide bonds. The predicted octanol–water partition coefficient (Wildman–Crippen LogP) is 7.45. The fourth-order valence-electron chi connectivity index (χ4n) is 4.49. The van der Waals surface area contributed by atoms with E-state index in [2.05, 4.69) is 36.4 Å². The van der Waals surface area contributed by atoms with E-state index in [-0.39, 0.29) is 6.03 Å². The Hall–Kier alpha value is -4.37. The lowest BCUT2D eigenvalue weighted by atomic mass is 10.1. The van der Waals surface area contributed by atoms with Gasteiger partial charge in [-0.1, -0.05) is 97.1 Å². The van der Waals surface area contributed by atoms with Crippen molar-refractivity contribution in [3.63, 3.8) is 0 Å². The highest BCUT2D eigenvalue weighted by atomic mass is 16.2. The van der Waals surface area contributed by atoms with Crippen LogP contribution in [-0.2, 0) is 0 Å². The molecule has 0 aliphatic carbocycles. The minimum atomic E-state index is -0.0956. The molecule has 0 aliphatic heterocycles. The summed E-state index contributed by atoms with van der Waals surface area (Å²) in [5.74, 6) is 0. The quantitative estimate of drug-likeness (QED) is 0.290. The summed E-state index contributed by atoms with van der Waals surface area (Å²) in [6.45, 7) is 0. The van der Waals surface area contributed by atoms with Gasteiger partial charge in [0.25, 0.3) is 0 Å². The van der Waals surface area contributed by atoms with Crippen molar-refractivity contribution in [2.45, 2.75) is 0 Å². The number of fused-ring (bicyclic) bond motifs is 2. The lowest BCUT2D eigenvalue weighted by Crippen LogP contribution is -2.17. The summed E-state index contributed by atoms with van der Waals surface area (Å²) in [6, 6.07) is 36.5. The Morgan fingerprint density at radius 2 is 0.844 bits per heavy atom. The number of para-hydroxylation sites is 2. The Labute approximate surface area is 185 Å². The molecule has 4 aromatic carbocycles. The van der Waals surface area contributed by atoms with Gasteiger partial charge in [-0.05, 0) is 23.3 Å². The maximum Gasteiger partial charge on any atom is 0.337 e. The second-order valence-electron chi connectivity index (χ2n) is 7.87. The maximum absolute atomic E-state index is 13.9. The van der Waals surface area contributed by atoms with E-state index in [9.17, 15) is 4.79 Å². The average Bonchev–Trinajstić information content (AvgIpc) is 3.44. The topological polar surface area (TPSA) is 26.9 Å². The molecule has 152 valence electrons. The van der Waals surface area contributed by atoms with Gasteiger partial charge in [0.05, 0.1) is 11.0 Å². The standard InChI is InChI=1S/C29H20N2O/c32-29(30-19-25(21-11-3-1-4-12-21)23-15-7-9-17-27(23)30)31-20-26(22-13-5-2-6-14-22)24-16-8-10-18-28(24)31/h1-20H. The van der Waals surface area contributed by atoms with Crippen molar-refractivity contribution in [1.82, 2.24) is 9.13 Å². The molecular formula is C29H20N2O. The van der Waals surface area contributed by atoms with Crippen molar-refractivity contribution < 1.29 is 4.79 Å². The van der Waals surface area contributed by atoms with Crippen LogP contribution in [-0.4, -0.2) is 15.2 Å². The molecule has 0 radical (unpaired) electrons. The van der Waals surface area contributed by atoms with Gasteiger partial charge in [0.1, 0.15) is 0 Å². The molecule has 0 atom stereocenters. The van der Waals surface area contributed by atoms with Crippen molar-refractivity contribution in [3.05, 3.63) is 122 Å². The van der Waals surface area contributed by atoms with Crippen LogP contribution in [0.1, 0.15) is 0 Å². The fourth-order valence-corrected chi connectivity index (χ4v) is 4.49. The zero-order valence-electron chi connectivity index (χ0n) is 17.3. The van der Waals surface area contributed by atoms with Crippen LogP contribution in [0.4, 0.5) is 4.79 Å². The van der Waals surface area contributed by atoms with Crippen LogP contribution in [0.5, 0.6) is 0 Å². The van der Waals surface area contributed by atoms with Crippen molar-refractivity contribution in [2.75, 3.05) is 0 Å². The molecule has 0 saturated heterocycles. The summed E-state index contributed by atoms with van der Waals surface area (Å²) in [4.78, 5) is 13.9. The smallest absolute Gasteiger partial charge is 0.268 e. The van der Waals surface area contributed by atoms with E-state index in [4.69, 9.17) is 0 Å². The molecule has 3 nitrogen and oxygen atoms in total. The second-order valence-corrected chi connectivity index (χ2v) is 7.87.